The number of carbonyl (C=O) groups is 1. The number of nitrogens with zero attached hydrogens (tertiary/aromatic N) is 1. The minimum absolute atomic E-state index is 0.0480. The summed E-state index contributed by atoms with van der Waals surface area (Å²) >= 11 is 0. The van der Waals surface area contributed by atoms with E-state index in [0.717, 1.165) is 27.8 Å². The summed E-state index contributed by atoms with van der Waals surface area (Å²) in [6.45, 7) is 10.4. The monoisotopic (exact) mass is 667 g/mol. The van der Waals surface area contributed by atoms with Crippen molar-refractivity contribution in [1.29, 1.82) is 0 Å². The molecule has 2 heterocycles. The molecular weight excluding hydrogens is 626 g/mol. The maximum atomic E-state index is 13.8. The second-order valence-electron chi connectivity index (χ2n) is 12.9. The number of rotatable bonds is 10. The van der Waals surface area contributed by atoms with Crippen molar-refractivity contribution in [2.24, 2.45) is 11.8 Å². The summed E-state index contributed by atoms with van der Waals surface area (Å²) in [5.74, 6) is 0.376. The molecule has 250 valence electrons. The number of benzene rings is 4. The molecule has 2 aliphatic heterocycles. The zero-order valence-corrected chi connectivity index (χ0v) is 28.3. The second-order valence-corrected chi connectivity index (χ2v) is 14.8. The standard InChI is InChI=1S/C39H41NO7S/c1-25(2)34-21-30-23-40(48(43,44)33-13-10-29(11-14-33)28-8-6-5-7-9-28)17-16-36(30)47-39(34)35-22-31(12-15-37(35)45-24-38(41)42)46-32-19-26(3)18-27(4)20-32/h5-15,18-20,22,30,34,36,39H,1,16-17,21,23-24H2,2-4H3,(H,41,42)/t30-,34-,36+,39+/m0/s1. The molecule has 8 nitrogen and oxygen atoms in total. The summed E-state index contributed by atoms with van der Waals surface area (Å²) in [5, 5.41) is 9.36. The van der Waals surface area contributed by atoms with Crippen LogP contribution in [0.1, 0.15) is 42.6 Å². The zero-order chi connectivity index (χ0) is 34.0. The lowest BCUT2D eigenvalue weighted by Gasteiger charge is -2.47. The lowest BCUT2D eigenvalue weighted by molar-refractivity contribution is -0.139. The lowest BCUT2D eigenvalue weighted by atomic mass is 9.76. The van der Waals surface area contributed by atoms with Crippen molar-refractivity contribution in [3.63, 3.8) is 0 Å². The van der Waals surface area contributed by atoms with E-state index in [1.807, 2.05) is 81.4 Å². The molecule has 1 N–H and O–H groups in total. The first-order chi connectivity index (χ1) is 23.0. The molecule has 48 heavy (non-hydrogen) atoms. The Morgan fingerprint density at radius 1 is 0.938 bits per heavy atom. The predicted molar refractivity (Wildman–Crippen MR) is 185 cm³/mol. The Hall–Kier alpha value is -4.44. The number of carboxylic acid groups (broad SMARTS) is 1. The molecule has 2 aliphatic rings. The molecule has 0 unspecified atom stereocenters. The molecule has 2 fully saturated rings. The lowest BCUT2D eigenvalue weighted by Crippen LogP contribution is -2.50. The molecule has 0 bridgehead atoms. The topological polar surface area (TPSA) is 102 Å². The van der Waals surface area contributed by atoms with E-state index in [4.69, 9.17) is 14.2 Å². The summed E-state index contributed by atoms with van der Waals surface area (Å²) in [6.07, 6.45) is 0.498. The van der Waals surface area contributed by atoms with Crippen molar-refractivity contribution in [2.75, 3.05) is 19.7 Å². The minimum Gasteiger partial charge on any atom is -0.482 e. The van der Waals surface area contributed by atoms with Gasteiger partial charge in [0, 0.05) is 24.6 Å². The van der Waals surface area contributed by atoms with Crippen molar-refractivity contribution in [3.8, 4) is 28.4 Å². The van der Waals surface area contributed by atoms with Gasteiger partial charge in [-0.2, -0.15) is 4.31 Å². The molecule has 0 aliphatic carbocycles. The van der Waals surface area contributed by atoms with Gasteiger partial charge in [0.2, 0.25) is 10.0 Å². The summed E-state index contributed by atoms with van der Waals surface area (Å²) in [6, 6.07) is 28.2. The fraction of sp³-hybridized carbons (Fsp3) is 0.308. The van der Waals surface area contributed by atoms with Crippen LogP contribution in [0, 0.1) is 25.7 Å². The summed E-state index contributed by atoms with van der Waals surface area (Å²) in [4.78, 5) is 11.7. The van der Waals surface area contributed by atoms with Gasteiger partial charge in [0.05, 0.1) is 17.1 Å². The fourth-order valence-corrected chi connectivity index (χ4v) is 8.41. The van der Waals surface area contributed by atoms with Crippen LogP contribution in [-0.2, 0) is 19.6 Å². The molecule has 0 saturated carbocycles. The van der Waals surface area contributed by atoms with Crippen LogP contribution in [0.2, 0.25) is 0 Å². The molecule has 4 aromatic rings. The van der Waals surface area contributed by atoms with E-state index in [2.05, 4.69) is 12.6 Å². The van der Waals surface area contributed by atoms with Crippen molar-refractivity contribution < 1.29 is 32.5 Å². The number of ether oxygens (including phenoxy) is 3. The quantitative estimate of drug-likeness (QED) is 0.171. The molecule has 4 atom stereocenters. The van der Waals surface area contributed by atoms with Gasteiger partial charge in [-0.05, 0) is 104 Å². The second kappa shape index (κ2) is 14.0. The minimum atomic E-state index is -3.72. The van der Waals surface area contributed by atoms with Crippen LogP contribution < -0.4 is 9.47 Å². The Kier molecular flexibility index (Phi) is 9.73. The van der Waals surface area contributed by atoms with E-state index in [-0.39, 0.29) is 22.8 Å². The number of hydrogen-bond acceptors (Lipinski definition) is 6. The number of carboxylic acids is 1. The van der Waals surface area contributed by atoms with Crippen molar-refractivity contribution in [1.82, 2.24) is 4.31 Å². The number of aryl methyl sites for hydroxylation is 2. The highest BCUT2D eigenvalue weighted by Crippen LogP contribution is 2.48. The van der Waals surface area contributed by atoms with E-state index in [1.165, 1.54) is 0 Å². The molecule has 0 radical (unpaired) electrons. The van der Waals surface area contributed by atoms with Crippen LogP contribution >= 0.6 is 0 Å². The molecule has 0 spiro atoms. The Morgan fingerprint density at radius 3 is 2.29 bits per heavy atom. The first-order valence-corrected chi connectivity index (χ1v) is 17.6. The first kappa shape index (κ1) is 33.5. The Labute approximate surface area is 282 Å². The van der Waals surface area contributed by atoms with Crippen LogP contribution in [0.15, 0.2) is 108 Å². The number of hydrogen-bond donors (Lipinski definition) is 1. The highest BCUT2D eigenvalue weighted by atomic mass is 32.2. The third kappa shape index (κ3) is 7.33. The van der Waals surface area contributed by atoms with Crippen molar-refractivity contribution in [3.05, 3.63) is 120 Å². The SMILES string of the molecule is C=C(C)[C@@H]1C[C@H]2CN(S(=O)(=O)c3ccc(-c4ccccc4)cc3)CC[C@H]2O[C@H]1c1cc(Oc2cc(C)cc(C)c2)ccc1OCC(=O)O. The van der Waals surface area contributed by atoms with Gasteiger partial charge in [0.15, 0.2) is 6.61 Å². The van der Waals surface area contributed by atoms with Crippen molar-refractivity contribution in [2.45, 2.75) is 50.7 Å². The Morgan fingerprint density at radius 2 is 1.62 bits per heavy atom. The van der Waals surface area contributed by atoms with E-state index in [0.29, 0.717) is 48.7 Å². The highest BCUT2D eigenvalue weighted by Gasteiger charge is 2.45. The Balaban J connectivity index is 1.24. The first-order valence-electron chi connectivity index (χ1n) is 16.2. The van der Waals surface area contributed by atoms with Gasteiger partial charge in [0.25, 0.3) is 0 Å². The maximum Gasteiger partial charge on any atom is 0.341 e. The van der Waals surface area contributed by atoms with Gasteiger partial charge in [-0.3, -0.25) is 0 Å². The zero-order valence-electron chi connectivity index (χ0n) is 27.5. The van der Waals surface area contributed by atoms with Crippen LogP contribution in [0.25, 0.3) is 11.1 Å². The molecule has 2 saturated heterocycles. The third-order valence-electron chi connectivity index (χ3n) is 9.17. The third-order valence-corrected chi connectivity index (χ3v) is 11.1. The summed E-state index contributed by atoms with van der Waals surface area (Å²) in [7, 11) is -3.72. The van der Waals surface area contributed by atoms with E-state index >= 15 is 0 Å². The van der Waals surface area contributed by atoms with Gasteiger partial charge in [-0.1, -0.05) is 60.7 Å². The highest BCUT2D eigenvalue weighted by molar-refractivity contribution is 7.89. The van der Waals surface area contributed by atoms with Gasteiger partial charge in [-0.15, -0.1) is 0 Å². The number of sulfonamides is 1. The molecule has 0 aromatic heterocycles. The molecule has 9 heteroatoms. The number of piperidine rings is 1. The largest absolute Gasteiger partial charge is 0.482 e. The van der Waals surface area contributed by atoms with Crippen LogP contribution in [0.3, 0.4) is 0 Å². The van der Waals surface area contributed by atoms with Crippen LogP contribution in [0.4, 0.5) is 0 Å². The number of aliphatic carboxylic acids is 1. The predicted octanol–water partition coefficient (Wildman–Crippen LogP) is 7.96. The maximum absolute atomic E-state index is 13.8. The average molecular weight is 668 g/mol. The molecule has 0 amide bonds. The average Bonchev–Trinajstić information content (AvgIpc) is 3.06. The molecule has 4 aromatic carbocycles. The normalized spacial score (nSPS) is 21.2. The van der Waals surface area contributed by atoms with Gasteiger partial charge in [-0.25, -0.2) is 13.2 Å². The van der Waals surface area contributed by atoms with Gasteiger partial charge < -0.3 is 19.3 Å². The van der Waals surface area contributed by atoms with E-state index in [9.17, 15) is 18.3 Å². The number of fused-ring (bicyclic) bond motifs is 1. The smallest absolute Gasteiger partial charge is 0.341 e. The van der Waals surface area contributed by atoms with E-state index < -0.39 is 28.7 Å². The fourth-order valence-electron chi connectivity index (χ4n) is 6.89. The van der Waals surface area contributed by atoms with Crippen molar-refractivity contribution >= 4 is 16.0 Å². The van der Waals surface area contributed by atoms with Gasteiger partial charge in [0.1, 0.15) is 17.2 Å². The van der Waals surface area contributed by atoms with E-state index in [1.54, 1.807) is 28.6 Å². The van der Waals surface area contributed by atoms with Crippen LogP contribution in [0.5, 0.6) is 17.2 Å². The van der Waals surface area contributed by atoms with Gasteiger partial charge >= 0.3 is 5.97 Å². The molecular formula is C39H41NO7S. The van der Waals surface area contributed by atoms with Crippen LogP contribution in [-0.4, -0.2) is 49.6 Å². The summed E-state index contributed by atoms with van der Waals surface area (Å²) in [5.41, 5.74) is 5.71. The molecule has 6 rings (SSSR count). The Bertz CT molecular complexity index is 1890. The summed E-state index contributed by atoms with van der Waals surface area (Å²) < 4.78 is 48.0.